The van der Waals surface area contributed by atoms with Gasteiger partial charge in [-0.25, -0.2) is 13.2 Å². The Balaban J connectivity index is 1.67. The van der Waals surface area contributed by atoms with Crippen LogP contribution in [0.3, 0.4) is 0 Å². The van der Waals surface area contributed by atoms with Crippen molar-refractivity contribution >= 4 is 37.1 Å². The van der Waals surface area contributed by atoms with Crippen LogP contribution in [-0.2, 0) is 16.6 Å². The number of nitrogens with zero attached hydrogens (tertiary/aromatic N) is 3. The molecular formula is C14H18BrN3O4S. The molecule has 7 nitrogen and oxygen atoms in total. The lowest BCUT2D eigenvalue weighted by atomic mass is 10.3. The van der Waals surface area contributed by atoms with Crippen molar-refractivity contribution in [2.75, 3.05) is 39.0 Å². The second kappa shape index (κ2) is 6.39. The van der Waals surface area contributed by atoms with Crippen molar-refractivity contribution in [2.24, 2.45) is 0 Å². The maximum absolute atomic E-state index is 12.0. The van der Waals surface area contributed by atoms with Crippen LogP contribution in [0.2, 0.25) is 0 Å². The molecule has 1 aromatic carbocycles. The molecule has 1 aromatic heterocycles. The van der Waals surface area contributed by atoms with Gasteiger partial charge in [-0.05, 0) is 18.2 Å². The first-order valence-electron chi connectivity index (χ1n) is 7.31. The van der Waals surface area contributed by atoms with Crippen molar-refractivity contribution in [3.63, 3.8) is 0 Å². The maximum Gasteiger partial charge on any atom is 0.419 e. The van der Waals surface area contributed by atoms with Crippen molar-refractivity contribution in [1.29, 1.82) is 0 Å². The van der Waals surface area contributed by atoms with Gasteiger partial charge in [0.2, 0.25) is 10.0 Å². The van der Waals surface area contributed by atoms with Crippen LogP contribution < -0.4 is 5.76 Å². The Labute approximate surface area is 142 Å². The highest BCUT2D eigenvalue weighted by Gasteiger charge is 2.23. The molecule has 0 atom stereocenters. The van der Waals surface area contributed by atoms with E-state index in [2.05, 4.69) is 20.8 Å². The fourth-order valence-corrected chi connectivity index (χ4v) is 3.95. The van der Waals surface area contributed by atoms with Gasteiger partial charge in [-0.1, -0.05) is 15.9 Å². The Hall–Kier alpha value is -1.16. The molecule has 23 heavy (non-hydrogen) atoms. The zero-order valence-corrected chi connectivity index (χ0v) is 15.1. The maximum atomic E-state index is 12.0. The van der Waals surface area contributed by atoms with Gasteiger partial charge < -0.3 is 4.42 Å². The summed E-state index contributed by atoms with van der Waals surface area (Å²) < 4.78 is 32.2. The topological polar surface area (TPSA) is 75.8 Å². The number of hydrogen-bond donors (Lipinski definition) is 0. The Kier molecular flexibility index (Phi) is 4.63. The Morgan fingerprint density at radius 1 is 1.17 bits per heavy atom. The minimum absolute atomic E-state index is 0.368. The SMILES string of the molecule is CS(=O)(=O)N1CCN(CCn2c(=O)oc3ccc(Br)cc32)CC1. The van der Waals surface area contributed by atoms with Gasteiger partial charge in [-0.2, -0.15) is 4.31 Å². The number of hydrogen-bond acceptors (Lipinski definition) is 5. The number of benzene rings is 1. The molecule has 2 aromatic rings. The number of aromatic nitrogens is 1. The molecule has 0 amide bonds. The molecule has 0 aliphatic carbocycles. The minimum Gasteiger partial charge on any atom is -0.408 e. The van der Waals surface area contributed by atoms with Crippen molar-refractivity contribution in [2.45, 2.75) is 6.54 Å². The molecule has 0 spiro atoms. The predicted molar refractivity (Wildman–Crippen MR) is 91.0 cm³/mol. The lowest BCUT2D eigenvalue weighted by molar-refractivity contribution is 0.183. The Morgan fingerprint density at radius 2 is 1.87 bits per heavy atom. The monoisotopic (exact) mass is 403 g/mol. The van der Waals surface area contributed by atoms with Gasteiger partial charge in [-0.3, -0.25) is 9.47 Å². The lowest BCUT2D eigenvalue weighted by Crippen LogP contribution is -2.49. The van der Waals surface area contributed by atoms with E-state index in [4.69, 9.17) is 4.42 Å². The third-order valence-corrected chi connectivity index (χ3v) is 5.87. The minimum atomic E-state index is -3.12. The van der Waals surface area contributed by atoms with Crippen molar-refractivity contribution in [3.8, 4) is 0 Å². The molecule has 1 saturated heterocycles. The molecule has 0 unspecified atom stereocenters. The molecular weight excluding hydrogens is 386 g/mol. The summed E-state index contributed by atoms with van der Waals surface area (Å²) in [6.07, 6.45) is 1.23. The first kappa shape index (κ1) is 16.7. The van der Waals surface area contributed by atoms with Crippen LogP contribution in [0.15, 0.2) is 31.9 Å². The van der Waals surface area contributed by atoms with E-state index in [1.165, 1.54) is 10.6 Å². The number of rotatable bonds is 4. The van der Waals surface area contributed by atoms with Crippen LogP contribution in [0.4, 0.5) is 0 Å². The normalized spacial score (nSPS) is 17.8. The molecule has 0 bridgehead atoms. The average Bonchev–Trinajstić information content (AvgIpc) is 2.79. The van der Waals surface area contributed by atoms with Crippen LogP contribution in [0.25, 0.3) is 11.1 Å². The molecule has 0 radical (unpaired) electrons. The summed E-state index contributed by atoms with van der Waals surface area (Å²) in [5.74, 6) is -0.368. The van der Waals surface area contributed by atoms with E-state index < -0.39 is 10.0 Å². The zero-order chi connectivity index (χ0) is 16.6. The summed E-state index contributed by atoms with van der Waals surface area (Å²) in [6, 6.07) is 5.46. The predicted octanol–water partition coefficient (Wildman–Crippen LogP) is 0.934. The zero-order valence-electron chi connectivity index (χ0n) is 12.7. The van der Waals surface area contributed by atoms with Gasteiger partial charge in [0.05, 0.1) is 11.8 Å². The van der Waals surface area contributed by atoms with Crippen LogP contribution in [-0.4, -0.2) is 61.2 Å². The molecule has 1 fully saturated rings. The van der Waals surface area contributed by atoms with Crippen LogP contribution in [0.1, 0.15) is 0 Å². The number of fused-ring (bicyclic) bond motifs is 1. The summed E-state index contributed by atoms with van der Waals surface area (Å²) >= 11 is 3.40. The van der Waals surface area contributed by atoms with Gasteiger partial charge in [0, 0.05) is 43.7 Å². The van der Waals surface area contributed by atoms with E-state index in [9.17, 15) is 13.2 Å². The number of halogens is 1. The highest BCUT2D eigenvalue weighted by Crippen LogP contribution is 2.19. The largest absolute Gasteiger partial charge is 0.419 e. The summed E-state index contributed by atoms with van der Waals surface area (Å²) in [6.45, 7) is 3.51. The van der Waals surface area contributed by atoms with E-state index >= 15 is 0 Å². The molecule has 1 aliphatic rings. The fraction of sp³-hybridized carbons (Fsp3) is 0.500. The number of piperazine rings is 1. The fourth-order valence-electron chi connectivity index (χ4n) is 2.77. The summed E-state index contributed by atoms with van der Waals surface area (Å²) in [4.78, 5) is 14.1. The average molecular weight is 404 g/mol. The highest BCUT2D eigenvalue weighted by atomic mass is 79.9. The standard InChI is InChI=1S/C14H18BrN3O4S/c1-23(20,21)17-7-4-16(5-8-17)6-9-18-12-10-11(15)2-3-13(12)22-14(18)19/h2-3,10H,4-9H2,1H3. The van der Waals surface area contributed by atoms with Crippen LogP contribution in [0.5, 0.6) is 0 Å². The number of oxazole rings is 1. The van der Waals surface area contributed by atoms with Gasteiger partial charge >= 0.3 is 5.76 Å². The van der Waals surface area contributed by atoms with Gasteiger partial charge in [0.15, 0.2) is 5.58 Å². The van der Waals surface area contributed by atoms with E-state index in [0.29, 0.717) is 44.9 Å². The van der Waals surface area contributed by atoms with E-state index in [0.717, 1.165) is 9.99 Å². The van der Waals surface area contributed by atoms with Crippen molar-refractivity contribution < 1.29 is 12.8 Å². The molecule has 2 heterocycles. The number of sulfonamides is 1. The third-order valence-electron chi connectivity index (χ3n) is 4.07. The van der Waals surface area contributed by atoms with Gasteiger partial charge in [0.25, 0.3) is 0 Å². The molecule has 9 heteroatoms. The molecule has 126 valence electrons. The summed E-state index contributed by atoms with van der Waals surface area (Å²) in [5.41, 5.74) is 1.33. The van der Waals surface area contributed by atoms with Crippen LogP contribution in [0, 0.1) is 0 Å². The van der Waals surface area contributed by atoms with Gasteiger partial charge in [-0.15, -0.1) is 0 Å². The Morgan fingerprint density at radius 3 is 2.52 bits per heavy atom. The lowest BCUT2D eigenvalue weighted by Gasteiger charge is -2.33. The summed E-state index contributed by atoms with van der Waals surface area (Å²) in [7, 11) is -3.12. The first-order chi connectivity index (χ1) is 10.8. The second-order valence-corrected chi connectivity index (χ2v) is 8.53. The summed E-state index contributed by atoms with van der Waals surface area (Å²) in [5, 5.41) is 0. The van der Waals surface area contributed by atoms with E-state index in [1.807, 2.05) is 12.1 Å². The Bertz CT molecular complexity index is 866. The van der Waals surface area contributed by atoms with Gasteiger partial charge in [0.1, 0.15) is 0 Å². The third kappa shape index (κ3) is 3.68. The molecule has 3 rings (SSSR count). The van der Waals surface area contributed by atoms with E-state index in [1.54, 1.807) is 10.6 Å². The first-order valence-corrected chi connectivity index (χ1v) is 9.95. The van der Waals surface area contributed by atoms with Crippen molar-refractivity contribution in [1.82, 2.24) is 13.8 Å². The smallest absolute Gasteiger partial charge is 0.408 e. The molecule has 0 N–H and O–H groups in total. The molecule has 0 saturated carbocycles. The van der Waals surface area contributed by atoms with E-state index in [-0.39, 0.29) is 5.76 Å². The second-order valence-electron chi connectivity index (χ2n) is 5.64. The highest BCUT2D eigenvalue weighted by molar-refractivity contribution is 9.10. The van der Waals surface area contributed by atoms with Crippen molar-refractivity contribution in [3.05, 3.63) is 33.2 Å². The molecule has 1 aliphatic heterocycles. The quantitative estimate of drug-likeness (QED) is 0.758. The van der Waals surface area contributed by atoms with Crippen LogP contribution >= 0.6 is 15.9 Å².